The molecule has 1 saturated heterocycles. The number of nitrogens with zero attached hydrogens (tertiary/aromatic N) is 1. The molecule has 0 spiro atoms. The third kappa shape index (κ3) is 2.78. The highest BCUT2D eigenvalue weighted by atomic mass is 16.2. The largest absolute Gasteiger partial charge is 0.373 e. The minimum atomic E-state index is -0.429. The molecular weight excluding hydrogens is 240 g/mol. The van der Waals surface area contributed by atoms with Gasteiger partial charge in [0.05, 0.1) is 6.42 Å². The number of carbonyl (C=O) groups excluding carboxylic acids is 2. The van der Waals surface area contributed by atoms with E-state index in [1.165, 1.54) is 10.5 Å². The summed E-state index contributed by atoms with van der Waals surface area (Å²) in [5.41, 5.74) is 2.11. The summed E-state index contributed by atoms with van der Waals surface area (Å²) < 4.78 is 0. The molecule has 1 aromatic rings. The topological polar surface area (TPSA) is 49.4 Å². The van der Waals surface area contributed by atoms with Crippen LogP contribution in [-0.2, 0) is 16.0 Å². The minimum absolute atomic E-state index is 0.0752. The molecule has 2 amide bonds. The average molecular weight is 260 g/mol. The molecule has 2 rings (SSSR count). The molecule has 102 valence electrons. The van der Waals surface area contributed by atoms with Crippen LogP contribution in [0.3, 0.4) is 0 Å². The van der Waals surface area contributed by atoms with Crippen LogP contribution >= 0.6 is 0 Å². The van der Waals surface area contributed by atoms with E-state index < -0.39 is 6.04 Å². The van der Waals surface area contributed by atoms with E-state index in [1.54, 1.807) is 0 Å². The lowest BCUT2D eigenvalue weighted by Gasteiger charge is -2.19. The van der Waals surface area contributed by atoms with E-state index in [0.29, 0.717) is 0 Å². The Kier molecular flexibility index (Phi) is 3.88. The van der Waals surface area contributed by atoms with E-state index in [2.05, 4.69) is 12.2 Å². The van der Waals surface area contributed by atoms with Crippen molar-refractivity contribution in [2.24, 2.45) is 0 Å². The fraction of sp³-hybridized carbons (Fsp3) is 0.467. The van der Waals surface area contributed by atoms with Gasteiger partial charge >= 0.3 is 0 Å². The van der Waals surface area contributed by atoms with Gasteiger partial charge in [-0.25, -0.2) is 0 Å². The van der Waals surface area contributed by atoms with E-state index in [0.717, 1.165) is 12.1 Å². The van der Waals surface area contributed by atoms with Crippen LogP contribution in [0.4, 0.5) is 5.69 Å². The molecule has 0 aliphatic carbocycles. The summed E-state index contributed by atoms with van der Waals surface area (Å²) in [5.74, 6) is -0.217. The van der Waals surface area contributed by atoms with Crippen LogP contribution in [-0.4, -0.2) is 28.8 Å². The van der Waals surface area contributed by atoms with Crippen LogP contribution in [0.5, 0.6) is 0 Å². The van der Waals surface area contributed by atoms with Crippen LogP contribution in [0.2, 0.25) is 0 Å². The van der Waals surface area contributed by atoms with Crippen molar-refractivity contribution in [3.8, 4) is 0 Å². The quantitative estimate of drug-likeness (QED) is 0.844. The van der Waals surface area contributed by atoms with Crippen molar-refractivity contribution in [2.45, 2.75) is 45.7 Å². The molecule has 1 fully saturated rings. The Morgan fingerprint density at radius 3 is 2.68 bits per heavy atom. The maximum Gasteiger partial charge on any atom is 0.252 e. The van der Waals surface area contributed by atoms with Gasteiger partial charge in [-0.15, -0.1) is 0 Å². The van der Waals surface area contributed by atoms with Crippen LogP contribution < -0.4 is 5.32 Å². The molecule has 19 heavy (non-hydrogen) atoms. The highest BCUT2D eigenvalue weighted by molar-refractivity contribution is 6.07. The summed E-state index contributed by atoms with van der Waals surface area (Å²) in [6.45, 7) is 5.80. The summed E-state index contributed by atoms with van der Waals surface area (Å²) in [6.07, 6.45) is 1.19. The second-order valence-corrected chi connectivity index (χ2v) is 5.15. The molecule has 4 nitrogen and oxygen atoms in total. The third-order valence-electron chi connectivity index (χ3n) is 3.38. The van der Waals surface area contributed by atoms with Crippen molar-refractivity contribution >= 4 is 17.5 Å². The third-order valence-corrected chi connectivity index (χ3v) is 3.38. The fourth-order valence-electron chi connectivity index (χ4n) is 2.39. The van der Waals surface area contributed by atoms with Gasteiger partial charge in [0.25, 0.3) is 5.91 Å². The van der Waals surface area contributed by atoms with Crippen molar-refractivity contribution in [2.75, 3.05) is 5.32 Å². The van der Waals surface area contributed by atoms with E-state index in [1.807, 2.05) is 38.1 Å². The zero-order chi connectivity index (χ0) is 14.0. The summed E-state index contributed by atoms with van der Waals surface area (Å²) in [6, 6.07) is 7.46. The Labute approximate surface area is 113 Å². The number of hydrogen-bond donors (Lipinski definition) is 1. The predicted molar refractivity (Wildman–Crippen MR) is 74.8 cm³/mol. The van der Waals surface area contributed by atoms with Crippen LogP contribution in [0.1, 0.15) is 32.8 Å². The van der Waals surface area contributed by atoms with Crippen molar-refractivity contribution in [3.05, 3.63) is 29.8 Å². The summed E-state index contributed by atoms with van der Waals surface area (Å²) in [7, 11) is 0. The van der Waals surface area contributed by atoms with E-state index in [-0.39, 0.29) is 24.3 Å². The van der Waals surface area contributed by atoms with Gasteiger partial charge in [-0.1, -0.05) is 19.1 Å². The molecule has 0 bridgehead atoms. The first kappa shape index (κ1) is 13.6. The van der Waals surface area contributed by atoms with Crippen LogP contribution in [0.15, 0.2) is 24.3 Å². The molecular formula is C15H20N2O2. The van der Waals surface area contributed by atoms with Crippen molar-refractivity contribution in [1.29, 1.82) is 0 Å². The van der Waals surface area contributed by atoms with Crippen molar-refractivity contribution in [1.82, 2.24) is 4.90 Å². The van der Waals surface area contributed by atoms with Gasteiger partial charge in [-0.05, 0) is 38.0 Å². The number of carbonyl (C=O) groups is 2. The zero-order valence-corrected chi connectivity index (χ0v) is 11.6. The highest BCUT2D eigenvalue weighted by Crippen LogP contribution is 2.21. The summed E-state index contributed by atoms with van der Waals surface area (Å²) in [5, 5.41) is 3.17. The van der Waals surface area contributed by atoms with Crippen LogP contribution in [0, 0.1) is 0 Å². The average Bonchev–Trinajstić information content (AvgIpc) is 2.64. The number of nitrogens with one attached hydrogen (secondary N) is 1. The van der Waals surface area contributed by atoms with Crippen LogP contribution in [0.25, 0.3) is 0 Å². The standard InChI is InChI=1S/C15H20N2O2/c1-4-11-6-5-7-12(8-11)16-13-9-14(18)17(10(2)3)15(13)19/h5-8,10,13,16H,4,9H2,1-3H3. The second-order valence-electron chi connectivity index (χ2n) is 5.15. The van der Waals surface area contributed by atoms with Gasteiger partial charge in [0.15, 0.2) is 0 Å². The highest BCUT2D eigenvalue weighted by Gasteiger charge is 2.39. The SMILES string of the molecule is CCc1cccc(NC2CC(=O)N(C(C)C)C2=O)c1. The lowest BCUT2D eigenvalue weighted by Crippen LogP contribution is -2.39. The van der Waals surface area contributed by atoms with E-state index in [4.69, 9.17) is 0 Å². The Bertz CT molecular complexity index is 497. The smallest absolute Gasteiger partial charge is 0.252 e. The Hall–Kier alpha value is -1.84. The molecule has 1 atom stereocenters. The monoisotopic (exact) mass is 260 g/mol. The molecule has 1 heterocycles. The fourth-order valence-corrected chi connectivity index (χ4v) is 2.39. The number of imide groups is 1. The van der Waals surface area contributed by atoms with E-state index in [9.17, 15) is 9.59 Å². The molecule has 0 radical (unpaired) electrons. The maximum absolute atomic E-state index is 12.2. The summed E-state index contributed by atoms with van der Waals surface area (Å²) in [4.78, 5) is 25.3. The van der Waals surface area contributed by atoms with E-state index >= 15 is 0 Å². The normalized spacial score (nSPS) is 19.4. The lowest BCUT2D eigenvalue weighted by atomic mass is 10.1. The molecule has 1 unspecified atom stereocenters. The first-order valence-corrected chi connectivity index (χ1v) is 6.74. The number of benzene rings is 1. The second kappa shape index (κ2) is 5.43. The Balaban J connectivity index is 2.12. The minimum Gasteiger partial charge on any atom is -0.373 e. The van der Waals surface area contributed by atoms with Gasteiger partial charge in [0.1, 0.15) is 6.04 Å². The molecule has 4 heteroatoms. The molecule has 1 aromatic carbocycles. The first-order chi connectivity index (χ1) is 9.02. The molecule has 1 N–H and O–H groups in total. The molecule has 1 aliphatic rings. The molecule has 0 saturated carbocycles. The number of aryl methyl sites for hydroxylation is 1. The van der Waals surface area contributed by atoms with Gasteiger partial charge in [-0.3, -0.25) is 14.5 Å². The molecule has 1 aliphatic heterocycles. The number of rotatable bonds is 4. The molecule has 0 aromatic heterocycles. The lowest BCUT2D eigenvalue weighted by molar-refractivity contribution is -0.140. The number of hydrogen-bond acceptors (Lipinski definition) is 3. The van der Waals surface area contributed by atoms with Gasteiger partial charge in [0.2, 0.25) is 5.91 Å². The number of anilines is 1. The Morgan fingerprint density at radius 2 is 2.11 bits per heavy atom. The number of likely N-dealkylation sites (tertiary alicyclic amines) is 1. The zero-order valence-electron chi connectivity index (χ0n) is 11.6. The summed E-state index contributed by atoms with van der Waals surface area (Å²) >= 11 is 0. The van der Waals surface area contributed by atoms with Gasteiger partial charge in [0, 0.05) is 11.7 Å². The van der Waals surface area contributed by atoms with Gasteiger partial charge < -0.3 is 5.32 Å². The Morgan fingerprint density at radius 1 is 1.37 bits per heavy atom. The predicted octanol–water partition coefficient (Wildman–Crippen LogP) is 2.20. The van der Waals surface area contributed by atoms with Crippen molar-refractivity contribution in [3.63, 3.8) is 0 Å². The maximum atomic E-state index is 12.2. The van der Waals surface area contributed by atoms with Crippen molar-refractivity contribution < 1.29 is 9.59 Å². The van der Waals surface area contributed by atoms with Gasteiger partial charge in [-0.2, -0.15) is 0 Å². The number of amides is 2. The first-order valence-electron chi connectivity index (χ1n) is 6.74.